The van der Waals surface area contributed by atoms with E-state index in [1.807, 2.05) is 12.1 Å². The van der Waals surface area contributed by atoms with E-state index in [4.69, 9.17) is 9.47 Å². The second kappa shape index (κ2) is 7.76. The lowest BCUT2D eigenvalue weighted by atomic mass is 9.69. The van der Waals surface area contributed by atoms with Crippen LogP contribution < -0.4 is 9.47 Å². The van der Waals surface area contributed by atoms with Crippen molar-refractivity contribution >= 4 is 15.9 Å². The zero-order chi connectivity index (χ0) is 19.0. The zero-order valence-electron chi connectivity index (χ0n) is 16.3. The van der Waals surface area contributed by atoms with Gasteiger partial charge in [0.05, 0.1) is 18.6 Å². The molecule has 0 fully saturated rings. The molecule has 0 saturated heterocycles. The molecule has 2 unspecified atom stereocenters. The first-order valence-corrected chi connectivity index (χ1v) is 11.0. The minimum Gasteiger partial charge on any atom is -0.493 e. The van der Waals surface area contributed by atoms with Crippen LogP contribution in [0.15, 0.2) is 22.7 Å². The molecular weight excluding hydrogens is 406 g/mol. The van der Waals surface area contributed by atoms with E-state index >= 15 is 0 Å². The Morgan fingerprint density at radius 3 is 3.00 bits per heavy atom. The number of benzene rings is 1. The maximum Gasteiger partial charge on any atom is 0.166 e. The van der Waals surface area contributed by atoms with E-state index in [0.29, 0.717) is 6.42 Å². The van der Waals surface area contributed by atoms with E-state index in [0.717, 1.165) is 42.0 Å². The first kappa shape index (κ1) is 19.3. The number of aliphatic hydroxyl groups is 1. The van der Waals surface area contributed by atoms with E-state index in [1.165, 1.54) is 36.8 Å². The average molecular weight is 436 g/mol. The fraction of sp³-hybridized carbons (Fsp3) is 0.636. The highest BCUT2D eigenvalue weighted by Crippen LogP contribution is 2.57. The molecule has 0 bridgehead atoms. The molecule has 1 aromatic carbocycles. The molecule has 5 heteroatoms. The van der Waals surface area contributed by atoms with Gasteiger partial charge in [0, 0.05) is 23.0 Å². The molecule has 1 N–H and O–H groups in total. The monoisotopic (exact) mass is 435 g/mol. The Balaban J connectivity index is 1.72. The highest BCUT2D eigenvalue weighted by Gasteiger charge is 2.53. The van der Waals surface area contributed by atoms with E-state index < -0.39 is 6.10 Å². The summed E-state index contributed by atoms with van der Waals surface area (Å²) in [6.07, 6.45) is 10.5. The Morgan fingerprint density at radius 1 is 1.37 bits per heavy atom. The topological polar surface area (TPSA) is 41.9 Å². The molecular formula is C22H30BrNO3. The molecule has 27 heavy (non-hydrogen) atoms. The number of hydrogen-bond acceptors (Lipinski definition) is 4. The summed E-state index contributed by atoms with van der Waals surface area (Å²) in [6, 6.07) is 2.04. The maximum atomic E-state index is 10.2. The van der Waals surface area contributed by atoms with Crippen LogP contribution in [0, 0.1) is 0 Å². The molecule has 1 aliphatic carbocycles. The molecule has 0 saturated carbocycles. The van der Waals surface area contributed by atoms with Crippen LogP contribution in [0.2, 0.25) is 0 Å². The van der Waals surface area contributed by atoms with Gasteiger partial charge in [-0.3, -0.25) is 4.90 Å². The Hall–Kier alpha value is -1.04. The fourth-order valence-corrected chi connectivity index (χ4v) is 5.50. The van der Waals surface area contributed by atoms with Crippen molar-refractivity contribution in [1.82, 2.24) is 4.90 Å². The molecule has 148 valence electrons. The molecule has 1 spiro atoms. The van der Waals surface area contributed by atoms with E-state index in [-0.39, 0.29) is 11.5 Å². The van der Waals surface area contributed by atoms with Crippen LogP contribution in [0.4, 0.5) is 0 Å². The SMILES string of the molecule is CCCCCCN1CCC23C=CC(O)C[C@H]2Oc2c(OC)cc(Br)c(c23)C1. The molecule has 4 rings (SSSR count). The largest absolute Gasteiger partial charge is 0.493 e. The number of aliphatic hydroxyl groups excluding tert-OH is 1. The van der Waals surface area contributed by atoms with Gasteiger partial charge in [-0.15, -0.1) is 0 Å². The van der Waals surface area contributed by atoms with E-state index in [1.54, 1.807) is 7.11 Å². The van der Waals surface area contributed by atoms with Gasteiger partial charge >= 0.3 is 0 Å². The number of rotatable bonds is 6. The Bertz CT molecular complexity index is 735. The molecule has 0 amide bonds. The van der Waals surface area contributed by atoms with Gasteiger partial charge in [-0.05, 0) is 37.6 Å². The molecule has 2 aliphatic heterocycles. The summed E-state index contributed by atoms with van der Waals surface area (Å²) in [5.74, 6) is 1.67. The summed E-state index contributed by atoms with van der Waals surface area (Å²) in [7, 11) is 1.70. The summed E-state index contributed by atoms with van der Waals surface area (Å²) in [4.78, 5) is 2.59. The first-order chi connectivity index (χ1) is 13.1. The third kappa shape index (κ3) is 3.32. The fourth-order valence-electron chi connectivity index (χ4n) is 4.97. The van der Waals surface area contributed by atoms with Gasteiger partial charge in [-0.1, -0.05) is 54.3 Å². The minimum atomic E-state index is -0.429. The van der Waals surface area contributed by atoms with Gasteiger partial charge in [-0.2, -0.15) is 0 Å². The smallest absolute Gasteiger partial charge is 0.166 e. The first-order valence-electron chi connectivity index (χ1n) is 10.3. The van der Waals surface area contributed by atoms with Gasteiger partial charge in [0.25, 0.3) is 0 Å². The van der Waals surface area contributed by atoms with Gasteiger partial charge in [0.1, 0.15) is 6.10 Å². The Morgan fingerprint density at radius 2 is 2.22 bits per heavy atom. The van der Waals surface area contributed by atoms with Crippen LogP contribution in [-0.2, 0) is 12.0 Å². The highest BCUT2D eigenvalue weighted by atomic mass is 79.9. The normalized spacial score (nSPS) is 29.0. The Kier molecular flexibility index (Phi) is 5.55. The number of methoxy groups -OCH3 is 1. The van der Waals surface area contributed by atoms with Crippen LogP contribution in [0.5, 0.6) is 11.5 Å². The zero-order valence-corrected chi connectivity index (χ0v) is 17.9. The molecule has 3 atom stereocenters. The third-order valence-electron chi connectivity index (χ3n) is 6.44. The summed E-state index contributed by atoms with van der Waals surface area (Å²) in [6.45, 7) is 5.39. The summed E-state index contributed by atoms with van der Waals surface area (Å²) >= 11 is 3.81. The minimum absolute atomic E-state index is 0.0190. The van der Waals surface area contributed by atoms with E-state index in [2.05, 4.69) is 33.8 Å². The van der Waals surface area contributed by atoms with Gasteiger partial charge in [0.2, 0.25) is 0 Å². The summed E-state index contributed by atoms with van der Waals surface area (Å²) < 4.78 is 13.1. The van der Waals surface area contributed by atoms with Crippen LogP contribution >= 0.6 is 15.9 Å². The predicted octanol–water partition coefficient (Wildman–Crippen LogP) is 4.56. The lowest BCUT2D eigenvalue weighted by Crippen LogP contribution is -2.43. The van der Waals surface area contributed by atoms with Crippen molar-refractivity contribution in [2.75, 3.05) is 20.2 Å². The molecule has 2 heterocycles. The van der Waals surface area contributed by atoms with Gasteiger partial charge in [-0.25, -0.2) is 0 Å². The lowest BCUT2D eigenvalue weighted by molar-refractivity contribution is 0.0809. The maximum absolute atomic E-state index is 10.2. The van der Waals surface area contributed by atoms with Crippen molar-refractivity contribution in [3.63, 3.8) is 0 Å². The average Bonchev–Trinajstić information content (AvgIpc) is 2.89. The van der Waals surface area contributed by atoms with Crippen molar-refractivity contribution < 1.29 is 14.6 Å². The number of nitrogens with zero attached hydrogens (tertiary/aromatic N) is 1. The molecule has 3 aliphatic rings. The highest BCUT2D eigenvalue weighted by molar-refractivity contribution is 9.10. The predicted molar refractivity (Wildman–Crippen MR) is 111 cm³/mol. The number of hydrogen-bond donors (Lipinski definition) is 1. The number of ether oxygens (including phenoxy) is 2. The third-order valence-corrected chi connectivity index (χ3v) is 7.15. The van der Waals surface area contributed by atoms with Gasteiger partial charge < -0.3 is 14.6 Å². The molecule has 4 nitrogen and oxygen atoms in total. The van der Waals surface area contributed by atoms with Crippen molar-refractivity contribution in [2.45, 2.75) is 69.6 Å². The van der Waals surface area contributed by atoms with Crippen molar-refractivity contribution in [2.24, 2.45) is 0 Å². The summed E-state index contributed by atoms with van der Waals surface area (Å²) in [5.41, 5.74) is 2.44. The standard InChI is InChI=1S/C22H30BrNO3/c1-3-4-5-6-10-24-11-9-22-8-7-15(25)12-19(22)27-21-18(26-2)13-17(23)16(14-24)20(21)22/h7-8,13,15,19,25H,3-6,9-12,14H2,1-2H3/t15?,19-,22?/m1/s1. The van der Waals surface area contributed by atoms with Crippen LogP contribution in [0.1, 0.15) is 56.6 Å². The molecule has 0 radical (unpaired) electrons. The van der Waals surface area contributed by atoms with Crippen molar-refractivity contribution in [3.8, 4) is 11.5 Å². The second-order valence-corrected chi connectivity index (χ2v) is 8.99. The van der Waals surface area contributed by atoms with Crippen LogP contribution in [0.25, 0.3) is 0 Å². The second-order valence-electron chi connectivity index (χ2n) is 8.14. The van der Waals surface area contributed by atoms with Gasteiger partial charge in [0.15, 0.2) is 11.5 Å². The number of halogens is 1. The number of unbranched alkanes of at least 4 members (excludes halogenated alkanes) is 3. The van der Waals surface area contributed by atoms with Crippen LogP contribution in [0.3, 0.4) is 0 Å². The summed E-state index contributed by atoms with van der Waals surface area (Å²) in [5, 5.41) is 10.2. The lowest BCUT2D eigenvalue weighted by Gasteiger charge is -2.36. The quantitative estimate of drug-likeness (QED) is 0.524. The van der Waals surface area contributed by atoms with E-state index in [9.17, 15) is 5.11 Å². The molecule has 1 aromatic rings. The van der Waals surface area contributed by atoms with Crippen molar-refractivity contribution in [3.05, 3.63) is 33.8 Å². The van der Waals surface area contributed by atoms with Crippen LogP contribution in [-0.4, -0.2) is 42.4 Å². The Labute approximate surface area is 170 Å². The molecule has 0 aromatic heterocycles. The van der Waals surface area contributed by atoms with Crippen molar-refractivity contribution in [1.29, 1.82) is 0 Å².